The summed E-state index contributed by atoms with van der Waals surface area (Å²) >= 11 is 0.469. The van der Waals surface area contributed by atoms with Crippen LogP contribution in [0.15, 0.2) is 36.4 Å². The van der Waals surface area contributed by atoms with E-state index in [-0.39, 0.29) is 37.1 Å². The summed E-state index contributed by atoms with van der Waals surface area (Å²) in [4.78, 5) is 0. The van der Waals surface area contributed by atoms with E-state index in [1.165, 1.54) is 20.1 Å². The van der Waals surface area contributed by atoms with Crippen LogP contribution in [0.5, 0.6) is 0 Å². The number of aliphatic hydroxyl groups is 2. The molecule has 2 atom stereocenters. The molecule has 0 aliphatic carbocycles. The van der Waals surface area contributed by atoms with Crippen molar-refractivity contribution in [1.82, 2.24) is 0 Å². The third-order valence-electron chi connectivity index (χ3n) is 5.47. The summed E-state index contributed by atoms with van der Waals surface area (Å²) in [6.45, 7) is 17.5. The molecule has 0 radical (unpaired) electrons. The molecule has 0 spiro atoms. The van der Waals surface area contributed by atoms with Crippen molar-refractivity contribution in [2.45, 2.75) is 91.3 Å². The Morgan fingerprint density at radius 3 is 1.27 bits per heavy atom. The Balaban J connectivity index is 2.46. The summed E-state index contributed by atoms with van der Waals surface area (Å²) in [5, 5.41) is 21.2. The Kier molecular flexibility index (Phi) is 8.85. The van der Waals surface area contributed by atoms with E-state index in [9.17, 15) is 10.2 Å². The van der Waals surface area contributed by atoms with E-state index in [0.717, 1.165) is 24.0 Å². The SMILES string of the molecule is CCC(O)c1ccc(C(C)(C)C)cc1[Se][Se]c1cc(C(C)(C)C)ccc1C(O)CC. The Labute approximate surface area is 194 Å². The quantitative estimate of drug-likeness (QED) is 0.510. The number of hydrogen-bond acceptors (Lipinski definition) is 2. The summed E-state index contributed by atoms with van der Waals surface area (Å²) < 4.78 is 2.62. The van der Waals surface area contributed by atoms with E-state index in [1.807, 2.05) is 13.8 Å². The van der Waals surface area contributed by atoms with Crippen LogP contribution in [-0.4, -0.2) is 36.5 Å². The van der Waals surface area contributed by atoms with Gasteiger partial charge in [0.2, 0.25) is 0 Å². The molecule has 0 saturated heterocycles. The molecule has 0 aliphatic rings. The molecular formula is C26H38O2Se2. The number of hydrogen-bond donors (Lipinski definition) is 2. The molecule has 2 rings (SSSR count). The average Bonchev–Trinajstić information content (AvgIpc) is 2.69. The van der Waals surface area contributed by atoms with Gasteiger partial charge in [-0.1, -0.05) is 0 Å². The summed E-state index contributed by atoms with van der Waals surface area (Å²) in [5.41, 5.74) is 4.97. The summed E-state index contributed by atoms with van der Waals surface area (Å²) in [6.07, 6.45) is 0.635. The van der Waals surface area contributed by atoms with Gasteiger partial charge in [-0.2, -0.15) is 0 Å². The molecule has 2 unspecified atom stereocenters. The Bertz CT molecular complexity index is 776. The molecule has 0 amide bonds. The Morgan fingerprint density at radius 2 is 1.00 bits per heavy atom. The maximum atomic E-state index is 10.6. The molecule has 2 nitrogen and oxygen atoms in total. The van der Waals surface area contributed by atoms with Crippen molar-refractivity contribution in [3.05, 3.63) is 58.7 Å². The van der Waals surface area contributed by atoms with E-state index >= 15 is 0 Å². The van der Waals surface area contributed by atoms with E-state index in [1.54, 1.807) is 0 Å². The zero-order valence-electron chi connectivity index (χ0n) is 19.7. The minimum atomic E-state index is -0.409. The van der Waals surface area contributed by atoms with Crippen molar-refractivity contribution < 1.29 is 10.2 Å². The molecule has 0 saturated carbocycles. The second-order valence-corrected chi connectivity index (χ2v) is 16.2. The van der Waals surface area contributed by atoms with Crippen molar-refractivity contribution in [2.24, 2.45) is 0 Å². The van der Waals surface area contributed by atoms with Gasteiger partial charge in [0.05, 0.1) is 0 Å². The summed E-state index contributed by atoms with van der Waals surface area (Å²) in [6, 6.07) is 13.3. The minimum absolute atomic E-state index is 0.0866. The zero-order valence-corrected chi connectivity index (χ0v) is 23.2. The molecule has 2 aromatic rings. The van der Waals surface area contributed by atoms with Gasteiger partial charge in [0.25, 0.3) is 0 Å². The van der Waals surface area contributed by atoms with Gasteiger partial charge in [-0.3, -0.25) is 0 Å². The van der Waals surface area contributed by atoms with Gasteiger partial charge in [-0.15, -0.1) is 0 Å². The van der Waals surface area contributed by atoms with E-state index in [4.69, 9.17) is 0 Å². The second kappa shape index (κ2) is 10.3. The fraction of sp³-hybridized carbons (Fsp3) is 0.538. The van der Waals surface area contributed by atoms with Crippen LogP contribution in [0.25, 0.3) is 0 Å². The van der Waals surface area contributed by atoms with Crippen LogP contribution in [0.4, 0.5) is 0 Å². The topological polar surface area (TPSA) is 40.5 Å². The van der Waals surface area contributed by atoms with Crippen molar-refractivity contribution in [2.75, 3.05) is 0 Å². The van der Waals surface area contributed by atoms with E-state index < -0.39 is 12.2 Å². The van der Waals surface area contributed by atoms with Gasteiger partial charge in [0.15, 0.2) is 0 Å². The number of benzene rings is 2. The standard InChI is InChI=1S/C26H38O2Se2/c1-9-21(27)19-13-11-17(25(3,4)5)15-23(19)29-30-24-16-18(26(6,7)8)12-14-20(24)22(28)10-2/h11-16,21-22,27-28H,9-10H2,1-8H3. The van der Waals surface area contributed by atoms with Gasteiger partial charge in [0.1, 0.15) is 0 Å². The second-order valence-electron chi connectivity index (χ2n) is 10.0. The molecule has 0 aliphatic heterocycles. The van der Waals surface area contributed by atoms with Crippen LogP contribution < -0.4 is 8.92 Å². The fourth-order valence-electron chi connectivity index (χ4n) is 3.23. The molecule has 2 N–H and O–H groups in total. The molecule has 0 fully saturated rings. The molecule has 0 heterocycles. The molecule has 166 valence electrons. The normalized spacial score (nSPS) is 14.6. The van der Waals surface area contributed by atoms with Gasteiger partial charge in [-0.25, -0.2) is 0 Å². The number of aliphatic hydroxyl groups excluding tert-OH is 2. The molecule has 0 bridgehead atoms. The van der Waals surface area contributed by atoms with Gasteiger partial charge >= 0.3 is 195 Å². The van der Waals surface area contributed by atoms with Crippen molar-refractivity contribution in [3.63, 3.8) is 0 Å². The Hall–Kier alpha value is -0.601. The third kappa shape index (κ3) is 6.45. The van der Waals surface area contributed by atoms with Crippen LogP contribution in [0.1, 0.15) is 103 Å². The summed E-state index contributed by atoms with van der Waals surface area (Å²) in [5.74, 6) is 0. The molecule has 30 heavy (non-hydrogen) atoms. The van der Waals surface area contributed by atoms with Crippen LogP contribution in [0.2, 0.25) is 0 Å². The van der Waals surface area contributed by atoms with Crippen molar-refractivity contribution in [1.29, 1.82) is 0 Å². The predicted octanol–water partition coefficient (Wildman–Crippen LogP) is 4.44. The average molecular weight is 541 g/mol. The zero-order chi connectivity index (χ0) is 22.7. The Morgan fingerprint density at radius 1 is 0.667 bits per heavy atom. The van der Waals surface area contributed by atoms with Crippen LogP contribution in [0.3, 0.4) is 0 Å². The molecule has 2 aromatic carbocycles. The van der Waals surface area contributed by atoms with E-state index in [2.05, 4.69) is 77.9 Å². The van der Waals surface area contributed by atoms with E-state index in [0.29, 0.717) is 0 Å². The first-order chi connectivity index (χ1) is 13.9. The maximum absolute atomic E-state index is 10.6. The number of rotatable bonds is 7. The summed E-state index contributed by atoms with van der Waals surface area (Å²) in [7, 11) is 0. The first-order valence-electron chi connectivity index (χ1n) is 10.9. The molecule has 4 heteroatoms. The fourth-order valence-corrected chi connectivity index (χ4v) is 10.7. The van der Waals surface area contributed by atoms with Gasteiger partial charge in [-0.05, 0) is 0 Å². The molecule has 0 aromatic heterocycles. The first-order valence-corrected chi connectivity index (χ1v) is 16.9. The first kappa shape index (κ1) is 25.7. The predicted molar refractivity (Wildman–Crippen MR) is 132 cm³/mol. The van der Waals surface area contributed by atoms with Gasteiger partial charge < -0.3 is 0 Å². The van der Waals surface area contributed by atoms with Crippen LogP contribution >= 0.6 is 0 Å². The van der Waals surface area contributed by atoms with Gasteiger partial charge in [0, 0.05) is 0 Å². The van der Waals surface area contributed by atoms with Crippen molar-refractivity contribution >= 4 is 35.2 Å². The molecular weight excluding hydrogens is 502 g/mol. The third-order valence-corrected chi connectivity index (χ3v) is 12.7. The monoisotopic (exact) mass is 542 g/mol. The van der Waals surface area contributed by atoms with Crippen LogP contribution in [0, 0.1) is 0 Å². The van der Waals surface area contributed by atoms with Crippen LogP contribution in [-0.2, 0) is 10.8 Å². The van der Waals surface area contributed by atoms with Crippen molar-refractivity contribution in [3.8, 4) is 0 Å².